The highest BCUT2D eigenvalue weighted by Crippen LogP contribution is 2.40. The number of rotatable bonds is 9. The average molecular weight is 462 g/mol. The van der Waals surface area contributed by atoms with Gasteiger partial charge in [0.2, 0.25) is 0 Å². The number of nitrogens with zero attached hydrogens (tertiary/aromatic N) is 1. The number of allylic oxidation sites excluding steroid dienone is 1. The summed E-state index contributed by atoms with van der Waals surface area (Å²) >= 11 is 0. The molecule has 2 rings (SSSR count). The fourth-order valence-corrected chi connectivity index (χ4v) is 4.91. The van der Waals surface area contributed by atoms with Gasteiger partial charge in [0.1, 0.15) is 6.61 Å². The second kappa shape index (κ2) is 11.7. The molecule has 178 valence electrons. The van der Waals surface area contributed by atoms with Gasteiger partial charge >= 0.3 is 12.1 Å². The van der Waals surface area contributed by atoms with Crippen LogP contribution in [0.2, 0.25) is 18.1 Å². The topological polar surface area (TPSA) is 65.1 Å². The SMILES string of the molecule is CCOC(=O)C=CCC[C@@H]1[C@@H](O[Si](C)(C)C(C)(C)C)CCN1C(=O)OCc1ccccc1. The van der Waals surface area contributed by atoms with Gasteiger partial charge in [-0.15, -0.1) is 0 Å². The first-order chi connectivity index (χ1) is 15.0. The lowest BCUT2D eigenvalue weighted by atomic mass is 10.1. The van der Waals surface area contributed by atoms with E-state index in [2.05, 4.69) is 33.9 Å². The quantitative estimate of drug-likeness (QED) is 0.269. The molecule has 1 fully saturated rings. The highest BCUT2D eigenvalue weighted by atomic mass is 28.4. The number of hydrogen-bond donors (Lipinski definition) is 0. The third-order valence-corrected chi connectivity index (χ3v) is 10.8. The summed E-state index contributed by atoms with van der Waals surface area (Å²) in [5, 5.41) is 0.0859. The van der Waals surface area contributed by atoms with Crippen LogP contribution in [-0.4, -0.2) is 50.6 Å². The van der Waals surface area contributed by atoms with Gasteiger partial charge in [0.25, 0.3) is 0 Å². The van der Waals surface area contributed by atoms with Gasteiger partial charge in [0, 0.05) is 12.6 Å². The van der Waals surface area contributed by atoms with E-state index in [9.17, 15) is 9.59 Å². The van der Waals surface area contributed by atoms with Gasteiger partial charge in [-0.05, 0) is 49.9 Å². The van der Waals surface area contributed by atoms with E-state index < -0.39 is 8.32 Å². The zero-order chi connectivity index (χ0) is 23.8. The van der Waals surface area contributed by atoms with Crippen molar-refractivity contribution in [3.05, 3.63) is 48.0 Å². The molecule has 1 aromatic carbocycles. The lowest BCUT2D eigenvalue weighted by Crippen LogP contribution is -2.48. The summed E-state index contributed by atoms with van der Waals surface area (Å²) in [5.74, 6) is -0.341. The lowest BCUT2D eigenvalue weighted by molar-refractivity contribution is -0.137. The summed E-state index contributed by atoms with van der Waals surface area (Å²) in [6, 6.07) is 9.60. The summed E-state index contributed by atoms with van der Waals surface area (Å²) in [6.45, 7) is 14.1. The first kappa shape index (κ1) is 26.1. The first-order valence-corrected chi connectivity index (χ1v) is 14.4. The second-order valence-corrected chi connectivity index (χ2v) is 14.5. The Morgan fingerprint density at radius 1 is 1.16 bits per heavy atom. The molecule has 1 aliphatic rings. The number of hydrogen-bond acceptors (Lipinski definition) is 5. The van der Waals surface area contributed by atoms with E-state index in [1.165, 1.54) is 6.08 Å². The van der Waals surface area contributed by atoms with E-state index in [1.807, 2.05) is 36.4 Å². The summed E-state index contributed by atoms with van der Waals surface area (Å²) in [4.78, 5) is 26.3. The highest BCUT2D eigenvalue weighted by molar-refractivity contribution is 6.74. The van der Waals surface area contributed by atoms with Crippen molar-refractivity contribution >= 4 is 20.4 Å². The normalized spacial score (nSPS) is 19.4. The van der Waals surface area contributed by atoms with Crippen LogP contribution in [0.5, 0.6) is 0 Å². The van der Waals surface area contributed by atoms with Crippen LogP contribution in [0.3, 0.4) is 0 Å². The zero-order valence-corrected chi connectivity index (χ0v) is 21.4. The van der Waals surface area contributed by atoms with Crippen molar-refractivity contribution in [2.24, 2.45) is 0 Å². The Morgan fingerprint density at radius 3 is 2.47 bits per heavy atom. The number of carbonyl (C=O) groups is 2. The number of esters is 1. The Morgan fingerprint density at radius 2 is 1.84 bits per heavy atom. The van der Waals surface area contributed by atoms with E-state index in [0.717, 1.165) is 12.0 Å². The van der Waals surface area contributed by atoms with Gasteiger partial charge in [-0.3, -0.25) is 0 Å². The molecular weight excluding hydrogens is 422 g/mol. The van der Waals surface area contributed by atoms with Crippen molar-refractivity contribution in [1.29, 1.82) is 0 Å². The Hall–Kier alpha value is -2.12. The molecule has 0 bridgehead atoms. The van der Waals surface area contributed by atoms with Gasteiger partial charge in [0.15, 0.2) is 8.32 Å². The third-order valence-electron chi connectivity index (χ3n) is 6.35. The summed E-state index contributed by atoms with van der Waals surface area (Å²) in [7, 11) is -1.99. The molecule has 0 N–H and O–H groups in total. The van der Waals surface area contributed by atoms with Crippen molar-refractivity contribution in [2.75, 3.05) is 13.2 Å². The number of carbonyl (C=O) groups excluding carboxylic acids is 2. The second-order valence-electron chi connectivity index (χ2n) is 9.74. The van der Waals surface area contributed by atoms with Gasteiger partial charge in [-0.2, -0.15) is 0 Å². The molecule has 0 aromatic heterocycles. The molecule has 0 spiro atoms. The Bertz CT molecular complexity index is 772. The minimum atomic E-state index is -1.99. The number of ether oxygens (including phenoxy) is 2. The maximum absolute atomic E-state index is 12.9. The zero-order valence-electron chi connectivity index (χ0n) is 20.4. The maximum Gasteiger partial charge on any atom is 0.410 e. The summed E-state index contributed by atoms with van der Waals surface area (Å²) in [6.07, 6.45) is 5.08. The van der Waals surface area contributed by atoms with E-state index in [0.29, 0.717) is 26.0 Å². The van der Waals surface area contributed by atoms with Gasteiger partial charge in [-0.25, -0.2) is 9.59 Å². The fourth-order valence-electron chi connectivity index (χ4n) is 3.53. The maximum atomic E-state index is 12.9. The van der Waals surface area contributed by atoms with Crippen molar-refractivity contribution in [1.82, 2.24) is 4.90 Å². The van der Waals surface area contributed by atoms with Gasteiger partial charge < -0.3 is 18.8 Å². The molecule has 1 saturated heterocycles. The molecule has 0 saturated carbocycles. The van der Waals surface area contributed by atoms with E-state index in [-0.39, 0.29) is 35.9 Å². The van der Waals surface area contributed by atoms with Crippen LogP contribution in [0, 0.1) is 0 Å². The van der Waals surface area contributed by atoms with Crippen LogP contribution in [-0.2, 0) is 25.3 Å². The molecule has 1 amide bonds. The van der Waals surface area contributed by atoms with Crippen LogP contribution in [0.4, 0.5) is 4.79 Å². The smallest absolute Gasteiger partial charge is 0.410 e. The minimum Gasteiger partial charge on any atom is -0.463 e. The molecule has 32 heavy (non-hydrogen) atoms. The molecule has 0 radical (unpaired) electrons. The van der Waals surface area contributed by atoms with Gasteiger partial charge in [-0.1, -0.05) is 57.2 Å². The first-order valence-electron chi connectivity index (χ1n) is 11.5. The van der Waals surface area contributed by atoms with Crippen molar-refractivity contribution in [2.45, 2.75) is 83.8 Å². The van der Waals surface area contributed by atoms with Crippen LogP contribution >= 0.6 is 0 Å². The molecule has 1 aromatic rings. The number of likely N-dealkylation sites (tertiary alicyclic amines) is 1. The standard InChI is InChI=1S/C25H39NO5Si/c1-7-29-23(27)16-12-11-15-21-22(31-32(5,6)25(2,3)4)17-18-26(21)24(28)30-19-20-13-9-8-10-14-20/h8-10,12-14,16,21-22H,7,11,15,17-19H2,1-6H3/t21-,22+/m1/s1. The van der Waals surface area contributed by atoms with E-state index in [4.69, 9.17) is 13.9 Å². The predicted molar refractivity (Wildman–Crippen MR) is 129 cm³/mol. The van der Waals surface area contributed by atoms with Crippen molar-refractivity contribution < 1.29 is 23.5 Å². The van der Waals surface area contributed by atoms with Crippen LogP contribution < -0.4 is 0 Å². The largest absolute Gasteiger partial charge is 0.463 e. The number of amides is 1. The van der Waals surface area contributed by atoms with Crippen molar-refractivity contribution in [3.8, 4) is 0 Å². The molecular formula is C25H39NO5Si. The number of benzene rings is 1. The molecule has 0 unspecified atom stereocenters. The molecule has 6 nitrogen and oxygen atoms in total. The molecule has 0 aliphatic carbocycles. The summed E-state index contributed by atoms with van der Waals surface area (Å²) in [5.41, 5.74) is 0.961. The third kappa shape index (κ3) is 7.48. The fraction of sp³-hybridized carbons (Fsp3) is 0.600. The summed E-state index contributed by atoms with van der Waals surface area (Å²) < 4.78 is 17.3. The lowest BCUT2D eigenvalue weighted by Gasteiger charge is -2.40. The Labute approximate surface area is 194 Å². The predicted octanol–water partition coefficient (Wildman–Crippen LogP) is 5.69. The average Bonchev–Trinajstić information content (AvgIpc) is 3.11. The molecule has 2 atom stereocenters. The molecule has 7 heteroatoms. The highest BCUT2D eigenvalue weighted by Gasteiger charge is 2.45. The van der Waals surface area contributed by atoms with E-state index >= 15 is 0 Å². The molecule has 1 aliphatic heterocycles. The van der Waals surface area contributed by atoms with Gasteiger partial charge in [0.05, 0.1) is 18.8 Å². The monoisotopic (exact) mass is 461 g/mol. The van der Waals surface area contributed by atoms with Crippen LogP contribution in [0.25, 0.3) is 0 Å². The van der Waals surface area contributed by atoms with Crippen LogP contribution in [0.15, 0.2) is 42.5 Å². The van der Waals surface area contributed by atoms with E-state index in [1.54, 1.807) is 11.8 Å². The minimum absolute atomic E-state index is 0.0313. The van der Waals surface area contributed by atoms with Crippen molar-refractivity contribution in [3.63, 3.8) is 0 Å². The Kier molecular flexibility index (Phi) is 9.52. The Balaban J connectivity index is 2.07. The molecule has 1 heterocycles. The van der Waals surface area contributed by atoms with Crippen LogP contribution in [0.1, 0.15) is 52.5 Å².